The van der Waals surface area contributed by atoms with E-state index in [-0.39, 0.29) is 17.4 Å². The Hall–Kier alpha value is -2.58. The Kier molecular flexibility index (Phi) is 6.05. The number of amides is 1. The molecule has 3 N–H and O–H groups in total. The fraction of sp³-hybridized carbons (Fsp3) is 0.600. The van der Waals surface area contributed by atoms with Gasteiger partial charge in [-0.3, -0.25) is 15.2 Å². The molecule has 5 rings (SSSR count). The number of nitrogens with one attached hydrogen (secondary N) is 3. The van der Waals surface area contributed by atoms with Crippen LogP contribution in [0.3, 0.4) is 0 Å². The van der Waals surface area contributed by atoms with E-state index in [4.69, 9.17) is 4.98 Å². The van der Waals surface area contributed by atoms with Crippen molar-refractivity contribution in [3.63, 3.8) is 0 Å². The number of hydrogen-bond donors (Lipinski definition) is 3. The topological polar surface area (TPSA) is 95.1 Å². The summed E-state index contributed by atoms with van der Waals surface area (Å²) < 4.78 is 0. The van der Waals surface area contributed by atoms with Crippen LogP contribution in [0, 0.1) is 5.41 Å². The van der Waals surface area contributed by atoms with Crippen LogP contribution in [0.1, 0.15) is 64.5 Å². The van der Waals surface area contributed by atoms with Gasteiger partial charge in [-0.1, -0.05) is 20.8 Å². The highest BCUT2D eigenvalue weighted by Crippen LogP contribution is 2.35. The number of anilines is 1. The third-order valence-corrected chi connectivity index (χ3v) is 7.16. The molecule has 8 heteroatoms. The molecule has 0 radical (unpaired) electrons. The minimum absolute atomic E-state index is 0.123. The Bertz CT molecular complexity index is 978. The molecule has 2 atom stereocenters. The fourth-order valence-corrected chi connectivity index (χ4v) is 4.82. The van der Waals surface area contributed by atoms with Gasteiger partial charge in [0.25, 0.3) is 0 Å². The minimum Gasteiger partial charge on any atom is -0.351 e. The standard InChI is InChI=1S/C25H35N7O/c1-25(2,3)21-14-20(30-31-21)23(33)32-12-8-17(9-13-32)22-19(16-6-10-26-11-7-16)15-27-24(29-22)28-18-4-5-18/h6-7,10-11,15,17-18,20-21,30-31H,4-5,8-9,12-14H2,1-3H3,(H,27,28,29). The summed E-state index contributed by atoms with van der Waals surface area (Å²) in [4.78, 5) is 28.9. The van der Waals surface area contributed by atoms with E-state index in [1.165, 1.54) is 12.8 Å². The van der Waals surface area contributed by atoms with Crippen molar-refractivity contribution in [1.82, 2.24) is 30.7 Å². The lowest BCUT2D eigenvalue weighted by molar-refractivity contribution is -0.134. The largest absolute Gasteiger partial charge is 0.351 e. The molecule has 176 valence electrons. The van der Waals surface area contributed by atoms with Gasteiger partial charge in [-0.05, 0) is 55.2 Å². The molecule has 3 fully saturated rings. The molecule has 1 amide bonds. The van der Waals surface area contributed by atoms with E-state index in [1.54, 1.807) is 0 Å². The first kappa shape index (κ1) is 22.2. The molecule has 1 saturated carbocycles. The molecule has 1 aliphatic carbocycles. The van der Waals surface area contributed by atoms with Crippen LogP contribution in [0.2, 0.25) is 0 Å². The Morgan fingerprint density at radius 2 is 1.82 bits per heavy atom. The highest BCUT2D eigenvalue weighted by molar-refractivity contribution is 5.82. The number of pyridine rings is 1. The summed E-state index contributed by atoms with van der Waals surface area (Å²) in [5.41, 5.74) is 9.93. The zero-order chi connectivity index (χ0) is 23.0. The normalized spacial score (nSPS) is 24.2. The van der Waals surface area contributed by atoms with Gasteiger partial charge >= 0.3 is 0 Å². The number of hydrogen-bond acceptors (Lipinski definition) is 7. The monoisotopic (exact) mass is 449 g/mol. The van der Waals surface area contributed by atoms with Gasteiger partial charge in [-0.15, -0.1) is 0 Å². The molecule has 3 aliphatic rings. The van der Waals surface area contributed by atoms with Crippen molar-refractivity contribution in [3.8, 4) is 11.1 Å². The first-order valence-electron chi connectivity index (χ1n) is 12.2. The van der Waals surface area contributed by atoms with Gasteiger partial charge in [-0.2, -0.15) is 0 Å². The summed E-state index contributed by atoms with van der Waals surface area (Å²) in [5.74, 6) is 1.23. The van der Waals surface area contributed by atoms with Gasteiger partial charge in [0.1, 0.15) is 6.04 Å². The summed E-state index contributed by atoms with van der Waals surface area (Å²) >= 11 is 0. The van der Waals surface area contributed by atoms with Crippen molar-refractivity contribution in [2.45, 2.75) is 76.9 Å². The SMILES string of the molecule is CC(C)(C)C1CC(C(=O)N2CCC(c3nc(NC4CC4)ncc3-c3ccncc3)CC2)NN1. The van der Waals surface area contributed by atoms with Crippen molar-refractivity contribution in [2.24, 2.45) is 5.41 Å². The van der Waals surface area contributed by atoms with Crippen LogP contribution in [0.25, 0.3) is 11.1 Å². The van der Waals surface area contributed by atoms with Gasteiger partial charge in [0.05, 0.1) is 5.69 Å². The molecule has 8 nitrogen and oxygen atoms in total. The van der Waals surface area contributed by atoms with Crippen LogP contribution < -0.4 is 16.2 Å². The lowest BCUT2D eigenvalue weighted by atomic mass is 9.84. The van der Waals surface area contributed by atoms with Crippen LogP contribution in [0.5, 0.6) is 0 Å². The van der Waals surface area contributed by atoms with Gasteiger partial charge < -0.3 is 10.2 Å². The van der Waals surface area contributed by atoms with Crippen LogP contribution in [0.15, 0.2) is 30.7 Å². The molecule has 2 aliphatic heterocycles. The quantitative estimate of drug-likeness (QED) is 0.646. The Morgan fingerprint density at radius 3 is 2.45 bits per heavy atom. The van der Waals surface area contributed by atoms with E-state index in [2.05, 4.69) is 46.9 Å². The molecule has 2 saturated heterocycles. The van der Waals surface area contributed by atoms with Crippen molar-refractivity contribution in [1.29, 1.82) is 0 Å². The van der Waals surface area contributed by atoms with Crippen LogP contribution in [-0.2, 0) is 4.79 Å². The van der Waals surface area contributed by atoms with Gasteiger partial charge in [0.2, 0.25) is 11.9 Å². The van der Waals surface area contributed by atoms with Crippen LogP contribution >= 0.6 is 0 Å². The molecule has 0 aromatic carbocycles. The van der Waals surface area contributed by atoms with E-state index in [0.29, 0.717) is 18.0 Å². The zero-order valence-electron chi connectivity index (χ0n) is 19.8. The highest BCUT2D eigenvalue weighted by Gasteiger charge is 2.38. The maximum Gasteiger partial charge on any atom is 0.241 e. The predicted molar refractivity (Wildman–Crippen MR) is 128 cm³/mol. The Morgan fingerprint density at radius 1 is 1.09 bits per heavy atom. The van der Waals surface area contributed by atoms with Gasteiger partial charge in [0, 0.05) is 55.2 Å². The number of carbonyl (C=O) groups excluding carboxylic acids is 1. The number of likely N-dealkylation sites (tertiary alicyclic amines) is 1. The second-order valence-electron chi connectivity index (χ2n) is 10.7. The number of hydrazine groups is 1. The molecule has 33 heavy (non-hydrogen) atoms. The maximum absolute atomic E-state index is 13.2. The number of piperidine rings is 1. The van der Waals surface area contributed by atoms with Gasteiger partial charge in [0.15, 0.2) is 0 Å². The summed E-state index contributed by atoms with van der Waals surface area (Å²) in [5, 5.41) is 3.44. The zero-order valence-corrected chi connectivity index (χ0v) is 19.8. The Balaban J connectivity index is 1.28. The van der Waals surface area contributed by atoms with Crippen LogP contribution in [0.4, 0.5) is 5.95 Å². The third kappa shape index (κ3) is 5.01. The van der Waals surface area contributed by atoms with Crippen LogP contribution in [-0.4, -0.2) is 57.0 Å². The fourth-order valence-electron chi connectivity index (χ4n) is 4.82. The number of rotatable bonds is 5. The smallest absolute Gasteiger partial charge is 0.241 e. The first-order valence-corrected chi connectivity index (χ1v) is 12.2. The van der Waals surface area contributed by atoms with E-state index in [1.807, 2.05) is 35.6 Å². The second-order valence-corrected chi connectivity index (χ2v) is 10.7. The molecule has 0 spiro atoms. The van der Waals surface area contributed by atoms with Crippen molar-refractivity contribution in [3.05, 3.63) is 36.4 Å². The summed E-state index contributed by atoms with van der Waals surface area (Å²) in [6.45, 7) is 8.14. The lowest BCUT2D eigenvalue weighted by Gasteiger charge is -2.34. The van der Waals surface area contributed by atoms with E-state index in [9.17, 15) is 4.79 Å². The first-order chi connectivity index (χ1) is 15.9. The van der Waals surface area contributed by atoms with E-state index >= 15 is 0 Å². The Labute approximate surface area is 196 Å². The molecule has 2 aromatic heterocycles. The molecule has 2 aromatic rings. The summed E-state index contributed by atoms with van der Waals surface area (Å²) in [6.07, 6.45) is 10.6. The number of aromatic nitrogens is 3. The van der Waals surface area contributed by atoms with E-state index < -0.39 is 0 Å². The molecular weight excluding hydrogens is 414 g/mol. The molecule has 2 unspecified atom stereocenters. The molecular formula is C25H35N7O. The lowest BCUT2D eigenvalue weighted by Crippen LogP contribution is -2.48. The summed E-state index contributed by atoms with van der Waals surface area (Å²) in [7, 11) is 0. The minimum atomic E-state index is -0.147. The number of nitrogens with zero attached hydrogens (tertiary/aromatic N) is 4. The average Bonchev–Trinajstić information content (AvgIpc) is 3.48. The molecule has 4 heterocycles. The van der Waals surface area contributed by atoms with Crippen molar-refractivity contribution in [2.75, 3.05) is 18.4 Å². The molecule has 0 bridgehead atoms. The van der Waals surface area contributed by atoms with Crippen molar-refractivity contribution < 1.29 is 4.79 Å². The average molecular weight is 450 g/mol. The second kappa shape index (κ2) is 8.99. The van der Waals surface area contributed by atoms with E-state index in [0.717, 1.165) is 55.1 Å². The predicted octanol–water partition coefficient (Wildman–Crippen LogP) is 3.10. The third-order valence-electron chi connectivity index (χ3n) is 7.16. The summed E-state index contributed by atoms with van der Waals surface area (Å²) in [6, 6.07) is 4.68. The number of carbonyl (C=O) groups is 1. The van der Waals surface area contributed by atoms with Gasteiger partial charge in [-0.25, -0.2) is 15.4 Å². The highest BCUT2D eigenvalue weighted by atomic mass is 16.2. The van der Waals surface area contributed by atoms with Crippen molar-refractivity contribution >= 4 is 11.9 Å². The maximum atomic E-state index is 13.2.